The molecule has 1 heterocycles. The zero-order valence-electron chi connectivity index (χ0n) is 20.6. The maximum atomic E-state index is 12.8. The van der Waals surface area contributed by atoms with Gasteiger partial charge in [0.2, 0.25) is 5.91 Å². The highest BCUT2D eigenvalue weighted by Gasteiger charge is 2.23. The van der Waals surface area contributed by atoms with E-state index in [1.54, 1.807) is 12.3 Å². The van der Waals surface area contributed by atoms with Crippen LogP contribution < -0.4 is 5.32 Å². The van der Waals surface area contributed by atoms with E-state index in [-0.39, 0.29) is 18.5 Å². The third-order valence-corrected chi connectivity index (χ3v) is 6.04. The molecule has 7 nitrogen and oxygen atoms in total. The molecular weight excluding hydrogens is 442 g/mol. The third kappa shape index (κ3) is 6.76. The van der Waals surface area contributed by atoms with Gasteiger partial charge in [-0.15, -0.1) is 0 Å². The van der Waals surface area contributed by atoms with E-state index in [4.69, 9.17) is 4.74 Å². The lowest BCUT2D eigenvalue weighted by molar-refractivity contribution is -0.150. The van der Waals surface area contributed by atoms with Crippen molar-refractivity contribution in [1.82, 2.24) is 9.88 Å². The summed E-state index contributed by atoms with van der Waals surface area (Å²) in [5.41, 5.74) is 4.30. The number of amides is 2. The van der Waals surface area contributed by atoms with Crippen molar-refractivity contribution in [3.8, 4) is 0 Å². The van der Waals surface area contributed by atoms with Crippen molar-refractivity contribution in [2.75, 3.05) is 18.5 Å². The molecule has 0 saturated heterocycles. The minimum Gasteiger partial charge on any atom is -0.452 e. The Morgan fingerprint density at radius 2 is 1.83 bits per heavy atom. The van der Waals surface area contributed by atoms with Crippen LogP contribution in [0, 0.1) is 13.8 Å². The number of nitrogens with zero attached hydrogens (tertiary/aromatic N) is 2. The molecule has 0 aliphatic heterocycles. The van der Waals surface area contributed by atoms with Crippen LogP contribution in [0.15, 0.2) is 60.8 Å². The first-order valence-corrected chi connectivity index (χ1v) is 11.6. The second kappa shape index (κ2) is 11.9. The average molecular weight is 474 g/mol. The van der Waals surface area contributed by atoms with Gasteiger partial charge in [-0.25, -0.2) is 4.79 Å². The van der Waals surface area contributed by atoms with Crippen LogP contribution in [0.5, 0.6) is 0 Å². The van der Waals surface area contributed by atoms with E-state index in [1.165, 1.54) is 11.0 Å². The molecule has 182 valence electrons. The van der Waals surface area contributed by atoms with Crippen molar-refractivity contribution in [3.63, 3.8) is 0 Å². The number of benzene rings is 2. The van der Waals surface area contributed by atoms with Gasteiger partial charge in [-0.1, -0.05) is 43.3 Å². The molecule has 1 N–H and O–H groups in total. The van der Waals surface area contributed by atoms with E-state index in [0.29, 0.717) is 12.1 Å². The van der Waals surface area contributed by atoms with Crippen LogP contribution in [-0.4, -0.2) is 46.9 Å². The van der Waals surface area contributed by atoms with Gasteiger partial charge < -0.3 is 15.0 Å². The summed E-state index contributed by atoms with van der Waals surface area (Å²) in [4.78, 5) is 43.6. The highest BCUT2D eigenvalue weighted by atomic mass is 16.5. The molecule has 0 spiro atoms. The number of rotatable bonds is 9. The Balaban J connectivity index is 1.60. The van der Waals surface area contributed by atoms with Crippen molar-refractivity contribution in [2.24, 2.45) is 0 Å². The molecule has 0 saturated carbocycles. The smallest absolute Gasteiger partial charge is 0.331 e. The SMILES string of the molecule is CCC(C)N(CC(=O)Nc1cccc(C)c1C)C(=O)COC(=O)C=Cc1cccc2cccnc12. The summed E-state index contributed by atoms with van der Waals surface area (Å²) < 4.78 is 5.18. The zero-order chi connectivity index (χ0) is 25.4. The normalized spacial score (nSPS) is 11.9. The number of aromatic nitrogens is 1. The first-order valence-electron chi connectivity index (χ1n) is 11.6. The predicted molar refractivity (Wildman–Crippen MR) is 138 cm³/mol. The van der Waals surface area contributed by atoms with Crippen LogP contribution in [-0.2, 0) is 19.1 Å². The summed E-state index contributed by atoms with van der Waals surface area (Å²) in [5.74, 6) is -1.37. The molecule has 0 aliphatic carbocycles. The first-order chi connectivity index (χ1) is 16.8. The van der Waals surface area contributed by atoms with Gasteiger partial charge in [0, 0.05) is 35.0 Å². The molecule has 1 unspecified atom stereocenters. The van der Waals surface area contributed by atoms with Gasteiger partial charge in [-0.05, 0) is 56.5 Å². The van der Waals surface area contributed by atoms with E-state index in [2.05, 4.69) is 10.3 Å². The predicted octanol–water partition coefficient (Wildman–Crippen LogP) is 4.67. The van der Waals surface area contributed by atoms with E-state index >= 15 is 0 Å². The number of hydrogen-bond acceptors (Lipinski definition) is 5. The number of carbonyl (C=O) groups excluding carboxylic acids is 3. The summed E-state index contributed by atoms with van der Waals surface area (Å²) >= 11 is 0. The van der Waals surface area contributed by atoms with Crippen molar-refractivity contribution in [3.05, 3.63) is 77.5 Å². The van der Waals surface area contributed by atoms with Crippen LogP contribution in [0.25, 0.3) is 17.0 Å². The lowest BCUT2D eigenvalue weighted by atomic mass is 10.1. The molecule has 0 fully saturated rings. The Labute approximate surface area is 205 Å². The average Bonchev–Trinajstić information content (AvgIpc) is 2.86. The number of fused-ring (bicyclic) bond motifs is 1. The van der Waals surface area contributed by atoms with Crippen LogP contribution in [0.4, 0.5) is 5.69 Å². The molecule has 35 heavy (non-hydrogen) atoms. The van der Waals surface area contributed by atoms with Gasteiger partial charge in [0.1, 0.15) is 6.54 Å². The van der Waals surface area contributed by atoms with Gasteiger partial charge in [0.15, 0.2) is 6.61 Å². The largest absolute Gasteiger partial charge is 0.452 e. The number of esters is 1. The van der Waals surface area contributed by atoms with Crippen molar-refractivity contribution in [2.45, 2.75) is 40.2 Å². The summed E-state index contributed by atoms with van der Waals surface area (Å²) in [6, 6.07) is 14.9. The zero-order valence-corrected chi connectivity index (χ0v) is 20.6. The first kappa shape index (κ1) is 25.6. The molecule has 3 aromatic rings. The molecule has 0 radical (unpaired) electrons. The third-order valence-electron chi connectivity index (χ3n) is 6.04. The minimum atomic E-state index is -0.643. The Kier molecular flexibility index (Phi) is 8.73. The number of hydrogen-bond donors (Lipinski definition) is 1. The fraction of sp³-hybridized carbons (Fsp3) is 0.286. The van der Waals surface area contributed by atoms with E-state index < -0.39 is 18.5 Å². The molecular formula is C28H31N3O4. The highest BCUT2D eigenvalue weighted by Crippen LogP contribution is 2.19. The van der Waals surface area contributed by atoms with E-state index in [0.717, 1.165) is 27.6 Å². The molecule has 0 bridgehead atoms. The number of para-hydroxylation sites is 1. The molecule has 2 amide bonds. The molecule has 1 atom stereocenters. The van der Waals surface area contributed by atoms with Crippen molar-refractivity contribution < 1.29 is 19.1 Å². The minimum absolute atomic E-state index is 0.129. The lowest BCUT2D eigenvalue weighted by Gasteiger charge is -2.28. The fourth-order valence-corrected chi connectivity index (χ4v) is 3.63. The molecule has 3 rings (SSSR count). The van der Waals surface area contributed by atoms with Crippen LogP contribution in [0.3, 0.4) is 0 Å². The highest BCUT2D eigenvalue weighted by molar-refractivity contribution is 5.96. The maximum Gasteiger partial charge on any atom is 0.331 e. The van der Waals surface area contributed by atoms with E-state index in [9.17, 15) is 14.4 Å². The van der Waals surface area contributed by atoms with Gasteiger partial charge in [-0.3, -0.25) is 14.6 Å². The van der Waals surface area contributed by atoms with Crippen LogP contribution in [0.2, 0.25) is 0 Å². The molecule has 0 aliphatic rings. The number of anilines is 1. The van der Waals surface area contributed by atoms with Gasteiger partial charge >= 0.3 is 5.97 Å². The standard InChI is InChI=1S/C28H31N3O4/c1-5-20(3)31(17-25(32)30-24-13-6-9-19(2)21(24)4)26(33)18-35-27(34)15-14-23-11-7-10-22-12-8-16-29-28(22)23/h6-16,20H,5,17-18H2,1-4H3,(H,30,32). The number of aryl methyl sites for hydroxylation is 1. The van der Waals surface area contributed by atoms with Gasteiger partial charge in [0.05, 0.1) is 5.52 Å². The van der Waals surface area contributed by atoms with Gasteiger partial charge in [0.25, 0.3) is 5.91 Å². The van der Waals surface area contributed by atoms with Crippen molar-refractivity contribution >= 4 is 40.4 Å². The Hall–Kier alpha value is -4.00. The fourth-order valence-electron chi connectivity index (χ4n) is 3.63. The second-order valence-corrected chi connectivity index (χ2v) is 8.44. The molecule has 1 aromatic heterocycles. The van der Waals surface area contributed by atoms with Crippen molar-refractivity contribution in [1.29, 1.82) is 0 Å². The number of ether oxygens (including phenoxy) is 1. The molecule has 2 aromatic carbocycles. The Bertz CT molecular complexity index is 1250. The topological polar surface area (TPSA) is 88.6 Å². The van der Waals surface area contributed by atoms with Crippen LogP contribution >= 0.6 is 0 Å². The Morgan fingerprint density at radius 1 is 1.09 bits per heavy atom. The number of pyridine rings is 1. The van der Waals surface area contributed by atoms with Crippen LogP contribution in [0.1, 0.15) is 37.0 Å². The lowest BCUT2D eigenvalue weighted by Crippen LogP contribution is -2.45. The summed E-state index contributed by atoms with van der Waals surface area (Å²) in [6.45, 7) is 7.12. The summed E-state index contributed by atoms with van der Waals surface area (Å²) in [7, 11) is 0. The number of nitrogens with one attached hydrogen (secondary N) is 1. The second-order valence-electron chi connectivity index (χ2n) is 8.44. The van der Waals surface area contributed by atoms with E-state index in [1.807, 2.05) is 76.2 Å². The van der Waals surface area contributed by atoms with Gasteiger partial charge in [-0.2, -0.15) is 0 Å². The summed E-state index contributed by atoms with van der Waals surface area (Å²) in [5, 5.41) is 3.84. The monoisotopic (exact) mass is 473 g/mol. The Morgan fingerprint density at radius 3 is 2.60 bits per heavy atom. The molecule has 7 heteroatoms. The maximum absolute atomic E-state index is 12.8. The number of carbonyl (C=O) groups is 3. The summed E-state index contributed by atoms with van der Waals surface area (Å²) in [6.07, 6.45) is 5.24. The quantitative estimate of drug-likeness (QED) is 0.360.